The topological polar surface area (TPSA) is 113 Å². The molecule has 2 fully saturated rings. The second-order valence-electron chi connectivity index (χ2n) is 9.88. The molecule has 1 aromatic heterocycles. The lowest BCUT2D eigenvalue weighted by Gasteiger charge is -2.45. The maximum absolute atomic E-state index is 13.1. The van der Waals surface area contributed by atoms with Crippen molar-refractivity contribution in [2.75, 3.05) is 26.2 Å². The Morgan fingerprint density at radius 1 is 1.18 bits per heavy atom. The molecule has 2 amide bonds. The van der Waals surface area contributed by atoms with E-state index in [2.05, 4.69) is 20.9 Å². The molecule has 0 spiro atoms. The van der Waals surface area contributed by atoms with Crippen molar-refractivity contribution in [3.63, 3.8) is 0 Å². The van der Waals surface area contributed by atoms with Crippen LogP contribution in [0.5, 0.6) is 5.75 Å². The van der Waals surface area contributed by atoms with Crippen molar-refractivity contribution in [3.8, 4) is 5.75 Å². The van der Waals surface area contributed by atoms with E-state index >= 15 is 0 Å². The number of carbonyl (C=O) groups excluding carboxylic acids is 2. The van der Waals surface area contributed by atoms with Gasteiger partial charge in [0.25, 0.3) is 5.91 Å². The van der Waals surface area contributed by atoms with Crippen LogP contribution in [0.15, 0.2) is 42.6 Å². The molecule has 0 bridgehead atoms. The molecular weight excluding hydrogens is 501 g/mol. The van der Waals surface area contributed by atoms with E-state index in [9.17, 15) is 27.9 Å². The van der Waals surface area contributed by atoms with E-state index in [0.717, 1.165) is 43.9 Å². The minimum Gasteiger partial charge on any atom is -0.506 e. The van der Waals surface area contributed by atoms with Gasteiger partial charge in [-0.05, 0) is 68.9 Å². The fourth-order valence-corrected chi connectivity index (χ4v) is 5.76. The third-order valence-corrected chi connectivity index (χ3v) is 7.58. The predicted molar refractivity (Wildman–Crippen MR) is 134 cm³/mol. The Kier molecular flexibility index (Phi) is 8.57. The monoisotopic (exact) mass is 534 g/mol. The average Bonchev–Trinajstić information content (AvgIpc) is 3.30. The summed E-state index contributed by atoms with van der Waals surface area (Å²) in [5.74, 6) is -0.818. The standard InChI is InChI=1S/C27H33F3N4O4/c1-2-38-22-14-31-16-26(22,19-10-8-17(9-11-19)24-21(35)7-4-12-32-24)34-23(36)15-33-25(37)18-5-3-6-20(13-18)27(28,29)30/h3-7,12-13,17,19,22,31,35H,2,8-11,14-16H2,1H3,(H,33,37)(H,34,36)/t17?,19?,22-,26+/m0/s1. The molecule has 8 nitrogen and oxygen atoms in total. The van der Waals surface area contributed by atoms with Gasteiger partial charge in [0, 0.05) is 37.4 Å². The van der Waals surface area contributed by atoms with Gasteiger partial charge in [0.15, 0.2) is 0 Å². The SMILES string of the molecule is CCO[C@H]1CNC[C@@]1(NC(=O)CNC(=O)c1cccc(C(F)(F)F)c1)C1CCC(c2ncccc2O)CC1. The number of hydrogen-bond acceptors (Lipinski definition) is 6. The number of rotatable bonds is 8. The molecule has 4 N–H and O–H groups in total. The molecule has 1 aromatic carbocycles. The van der Waals surface area contributed by atoms with E-state index in [-0.39, 0.29) is 35.8 Å². The normalized spacial score (nSPS) is 25.6. The van der Waals surface area contributed by atoms with Crippen LogP contribution in [0.3, 0.4) is 0 Å². The van der Waals surface area contributed by atoms with Gasteiger partial charge in [0.05, 0.1) is 29.4 Å². The number of nitrogens with one attached hydrogen (secondary N) is 3. The Bertz CT molecular complexity index is 1140. The molecule has 38 heavy (non-hydrogen) atoms. The third-order valence-electron chi connectivity index (χ3n) is 7.58. The summed E-state index contributed by atoms with van der Waals surface area (Å²) in [6.45, 7) is 3.03. The molecule has 4 rings (SSSR count). The number of ether oxygens (including phenoxy) is 1. The first-order valence-electron chi connectivity index (χ1n) is 12.9. The molecule has 2 aliphatic rings. The number of pyridine rings is 1. The van der Waals surface area contributed by atoms with Crippen molar-refractivity contribution in [3.05, 3.63) is 59.4 Å². The summed E-state index contributed by atoms with van der Waals surface area (Å²) in [6.07, 6.45) is -0.0390. The fraction of sp³-hybridized carbons (Fsp3) is 0.519. The van der Waals surface area contributed by atoms with Crippen LogP contribution in [-0.4, -0.2) is 59.8 Å². The van der Waals surface area contributed by atoms with Crippen molar-refractivity contribution in [2.45, 2.75) is 56.3 Å². The first-order chi connectivity index (χ1) is 18.1. The van der Waals surface area contributed by atoms with Gasteiger partial charge in [-0.25, -0.2) is 0 Å². The highest BCUT2D eigenvalue weighted by atomic mass is 19.4. The molecule has 0 radical (unpaired) electrons. The number of halogens is 3. The molecule has 1 aliphatic carbocycles. The molecule has 1 aliphatic heterocycles. The number of amides is 2. The van der Waals surface area contributed by atoms with Crippen LogP contribution in [0.2, 0.25) is 0 Å². The number of nitrogens with zero attached hydrogens (tertiary/aromatic N) is 1. The number of aromatic nitrogens is 1. The van der Waals surface area contributed by atoms with E-state index in [0.29, 0.717) is 25.4 Å². The molecule has 2 atom stereocenters. The van der Waals surface area contributed by atoms with Gasteiger partial charge in [-0.15, -0.1) is 0 Å². The Labute approximate surface area is 219 Å². The lowest BCUT2D eigenvalue weighted by atomic mass is 9.69. The van der Waals surface area contributed by atoms with E-state index in [4.69, 9.17) is 4.74 Å². The lowest BCUT2D eigenvalue weighted by molar-refractivity contribution is -0.137. The Hall–Kier alpha value is -3.18. The molecule has 0 unspecified atom stereocenters. The van der Waals surface area contributed by atoms with Crippen LogP contribution in [0.4, 0.5) is 13.2 Å². The second kappa shape index (κ2) is 11.7. The zero-order valence-corrected chi connectivity index (χ0v) is 21.2. The van der Waals surface area contributed by atoms with Gasteiger partial charge in [0.1, 0.15) is 5.75 Å². The van der Waals surface area contributed by atoms with Crippen molar-refractivity contribution >= 4 is 11.8 Å². The summed E-state index contributed by atoms with van der Waals surface area (Å²) in [6, 6.07) is 7.41. The smallest absolute Gasteiger partial charge is 0.416 e. The van der Waals surface area contributed by atoms with Crippen molar-refractivity contribution in [2.24, 2.45) is 5.92 Å². The van der Waals surface area contributed by atoms with E-state index in [1.807, 2.05) is 6.92 Å². The minimum absolute atomic E-state index is 0.0827. The average molecular weight is 535 g/mol. The molecule has 2 heterocycles. The van der Waals surface area contributed by atoms with Gasteiger partial charge in [-0.2, -0.15) is 13.2 Å². The lowest BCUT2D eigenvalue weighted by Crippen LogP contribution is -2.63. The van der Waals surface area contributed by atoms with Crippen molar-refractivity contribution in [1.29, 1.82) is 0 Å². The maximum atomic E-state index is 13.1. The van der Waals surface area contributed by atoms with Gasteiger partial charge >= 0.3 is 6.18 Å². The van der Waals surface area contributed by atoms with Crippen LogP contribution >= 0.6 is 0 Å². The van der Waals surface area contributed by atoms with Gasteiger partial charge in [-0.3, -0.25) is 14.6 Å². The quantitative estimate of drug-likeness (QED) is 0.413. The number of hydrogen-bond donors (Lipinski definition) is 4. The summed E-state index contributed by atoms with van der Waals surface area (Å²) in [5.41, 5.74) is -1.12. The summed E-state index contributed by atoms with van der Waals surface area (Å²) < 4.78 is 45.0. The van der Waals surface area contributed by atoms with Crippen LogP contribution in [0.25, 0.3) is 0 Å². The van der Waals surface area contributed by atoms with Gasteiger partial charge < -0.3 is 25.8 Å². The van der Waals surface area contributed by atoms with Crippen molar-refractivity contribution in [1.82, 2.24) is 20.9 Å². The highest BCUT2D eigenvalue weighted by Gasteiger charge is 2.51. The van der Waals surface area contributed by atoms with E-state index in [1.165, 1.54) is 6.07 Å². The summed E-state index contributed by atoms with van der Waals surface area (Å²) in [7, 11) is 0. The largest absolute Gasteiger partial charge is 0.506 e. The van der Waals surface area contributed by atoms with Gasteiger partial charge in [-0.1, -0.05) is 6.07 Å². The zero-order valence-electron chi connectivity index (χ0n) is 21.2. The summed E-state index contributed by atoms with van der Waals surface area (Å²) >= 11 is 0. The first-order valence-corrected chi connectivity index (χ1v) is 12.9. The molecule has 1 saturated carbocycles. The highest BCUT2D eigenvalue weighted by molar-refractivity contribution is 5.96. The summed E-state index contributed by atoms with van der Waals surface area (Å²) in [4.78, 5) is 29.9. The molecule has 2 aromatic rings. The molecule has 1 saturated heterocycles. The molecule has 206 valence electrons. The zero-order chi connectivity index (χ0) is 27.3. The first kappa shape index (κ1) is 27.8. The van der Waals surface area contributed by atoms with Crippen LogP contribution in [-0.2, 0) is 15.7 Å². The third kappa shape index (κ3) is 6.10. The molecular formula is C27H33F3N4O4. The number of benzene rings is 1. The Morgan fingerprint density at radius 2 is 1.95 bits per heavy atom. The number of aromatic hydroxyl groups is 1. The van der Waals surface area contributed by atoms with Crippen molar-refractivity contribution < 1.29 is 32.6 Å². The molecule has 11 heteroatoms. The van der Waals surface area contributed by atoms with E-state index in [1.54, 1.807) is 18.3 Å². The number of carbonyl (C=O) groups is 2. The van der Waals surface area contributed by atoms with Crippen LogP contribution in [0, 0.1) is 5.92 Å². The second-order valence-corrected chi connectivity index (χ2v) is 9.88. The predicted octanol–water partition coefficient (Wildman–Crippen LogP) is 3.37. The fourth-order valence-electron chi connectivity index (χ4n) is 5.76. The number of alkyl halides is 3. The van der Waals surface area contributed by atoms with Crippen LogP contribution < -0.4 is 16.0 Å². The highest BCUT2D eigenvalue weighted by Crippen LogP contribution is 2.44. The van der Waals surface area contributed by atoms with Gasteiger partial charge in [0.2, 0.25) is 5.91 Å². The maximum Gasteiger partial charge on any atom is 0.416 e. The Morgan fingerprint density at radius 3 is 2.63 bits per heavy atom. The van der Waals surface area contributed by atoms with Crippen LogP contribution in [0.1, 0.15) is 60.1 Å². The Balaban J connectivity index is 1.42. The summed E-state index contributed by atoms with van der Waals surface area (Å²) in [5, 5.41) is 19.1. The van der Waals surface area contributed by atoms with E-state index < -0.39 is 29.1 Å². The minimum atomic E-state index is -4.57.